The Morgan fingerprint density at radius 3 is 2.46 bits per heavy atom. The molecule has 0 spiro atoms. The van der Waals surface area contributed by atoms with E-state index in [-0.39, 0.29) is 11.7 Å². The summed E-state index contributed by atoms with van der Waals surface area (Å²) in [5.74, 6) is 0.155. The Hall–Kier alpha value is -2.95. The van der Waals surface area contributed by atoms with E-state index in [0.29, 0.717) is 29.0 Å². The standard InChI is InChI=1S/C19H19NO4/c1-3-18(24-17-9-7-14(12-21)8-10-17)19(23)20-16-6-4-5-15(11-16)13(2)22/h4-12,18H,3H2,1-2H3,(H,20,23). The lowest BCUT2D eigenvalue weighted by atomic mass is 10.1. The van der Waals surface area contributed by atoms with Crippen LogP contribution in [0.2, 0.25) is 0 Å². The van der Waals surface area contributed by atoms with E-state index < -0.39 is 6.10 Å². The molecular weight excluding hydrogens is 306 g/mol. The number of hydrogen-bond acceptors (Lipinski definition) is 4. The van der Waals surface area contributed by atoms with E-state index in [1.807, 2.05) is 6.92 Å². The molecule has 1 atom stereocenters. The van der Waals surface area contributed by atoms with Crippen LogP contribution in [0.3, 0.4) is 0 Å². The van der Waals surface area contributed by atoms with Gasteiger partial charge in [0.1, 0.15) is 12.0 Å². The van der Waals surface area contributed by atoms with Crippen LogP contribution in [0.5, 0.6) is 5.75 Å². The van der Waals surface area contributed by atoms with Gasteiger partial charge in [0, 0.05) is 16.8 Å². The number of carbonyl (C=O) groups excluding carboxylic acids is 3. The number of benzene rings is 2. The molecule has 5 nitrogen and oxygen atoms in total. The van der Waals surface area contributed by atoms with E-state index in [2.05, 4.69) is 5.32 Å². The second-order valence-corrected chi connectivity index (χ2v) is 5.33. The molecule has 0 saturated heterocycles. The van der Waals surface area contributed by atoms with Gasteiger partial charge >= 0.3 is 0 Å². The summed E-state index contributed by atoms with van der Waals surface area (Å²) < 4.78 is 5.68. The van der Waals surface area contributed by atoms with Crippen LogP contribution in [0.4, 0.5) is 5.69 Å². The maximum Gasteiger partial charge on any atom is 0.265 e. The lowest BCUT2D eigenvalue weighted by molar-refractivity contribution is -0.122. The lowest BCUT2D eigenvalue weighted by Crippen LogP contribution is -2.32. The van der Waals surface area contributed by atoms with Gasteiger partial charge in [0.25, 0.3) is 5.91 Å². The summed E-state index contributed by atoms with van der Waals surface area (Å²) in [6.07, 6.45) is 0.553. The van der Waals surface area contributed by atoms with Crippen molar-refractivity contribution < 1.29 is 19.1 Å². The first-order valence-corrected chi connectivity index (χ1v) is 7.67. The first-order valence-electron chi connectivity index (χ1n) is 7.67. The smallest absolute Gasteiger partial charge is 0.265 e. The maximum atomic E-state index is 12.4. The SMILES string of the molecule is CCC(Oc1ccc(C=O)cc1)C(=O)Nc1cccc(C(C)=O)c1. The highest BCUT2D eigenvalue weighted by atomic mass is 16.5. The van der Waals surface area contributed by atoms with Crippen molar-refractivity contribution in [3.8, 4) is 5.75 Å². The molecule has 0 aliphatic carbocycles. The maximum absolute atomic E-state index is 12.4. The number of rotatable bonds is 7. The van der Waals surface area contributed by atoms with Crippen LogP contribution >= 0.6 is 0 Å². The molecule has 124 valence electrons. The summed E-state index contributed by atoms with van der Waals surface area (Å²) in [5, 5.41) is 2.76. The predicted octanol–water partition coefficient (Wildman–Crippen LogP) is 3.50. The van der Waals surface area contributed by atoms with Crippen LogP contribution in [-0.2, 0) is 4.79 Å². The summed E-state index contributed by atoms with van der Waals surface area (Å²) in [7, 11) is 0. The van der Waals surface area contributed by atoms with Gasteiger partial charge in [-0.1, -0.05) is 19.1 Å². The van der Waals surface area contributed by atoms with E-state index in [1.54, 1.807) is 48.5 Å². The minimum atomic E-state index is -0.673. The Balaban J connectivity index is 2.06. The molecule has 2 aromatic carbocycles. The summed E-state index contributed by atoms with van der Waals surface area (Å²) in [4.78, 5) is 34.4. The number of aldehydes is 1. The van der Waals surface area contributed by atoms with Crippen molar-refractivity contribution in [3.63, 3.8) is 0 Å². The molecule has 1 N–H and O–H groups in total. The molecule has 0 aliphatic rings. The summed E-state index contributed by atoms with van der Waals surface area (Å²) in [6.45, 7) is 3.32. The Bertz CT molecular complexity index is 737. The molecule has 1 amide bonds. The lowest BCUT2D eigenvalue weighted by Gasteiger charge is -2.17. The molecule has 1 unspecified atom stereocenters. The number of hydrogen-bond donors (Lipinski definition) is 1. The minimum Gasteiger partial charge on any atom is -0.481 e. The van der Waals surface area contributed by atoms with Crippen molar-refractivity contribution in [3.05, 3.63) is 59.7 Å². The largest absolute Gasteiger partial charge is 0.481 e. The number of anilines is 1. The fraction of sp³-hybridized carbons (Fsp3) is 0.211. The number of nitrogens with one attached hydrogen (secondary N) is 1. The average Bonchev–Trinajstić information content (AvgIpc) is 2.60. The van der Waals surface area contributed by atoms with Gasteiger partial charge in [0.2, 0.25) is 0 Å². The van der Waals surface area contributed by atoms with Crippen molar-refractivity contribution in [2.75, 3.05) is 5.32 Å². The summed E-state index contributed by atoms with van der Waals surface area (Å²) in [6, 6.07) is 13.3. The molecule has 5 heteroatoms. The Kier molecular flexibility index (Phi) is 5.84. The van der Waals surface area contributed by atoms with Crippen molar-refractivity contribution >= 4 is 23.7 Å². The van der Waals surface area contributed by atoms with E-state index in [1.165, 1.54) is 6.92 Å². The predicted molar refractivity (Wildman–Crippen MR) is 91.6 cm³/mol. The first kappa shape index (κ1) is 17.4. The molecule has 0 fully saturated rings. The monoisotopic (exact) mass is 325 g/mol. The zero-order valence-electron chi connectivity index (χ0n) is 13.6. The molecule has 0 radical (unpaired) electrons. The Morgan fingerprint density at radius 1 is 1.17 bits per heavy atom. The zero-order valence-corrected chi connectivity index (χ0v) is 13.6. The topological polar surface area (TPSA) is 72.5 Å². The molecule has 0 aromatic heterocycles. The van der Waals surface area contributed by atoms with Crippen molar-refractivity contribution in [1.29, 1.82) is 0 Å². The highest BCUT2D eigenvalue weighted by Crippen LogP contribution is 2.17. The van der Waals surface area contributed by atoms with Crippen LogP contribution in [0.15, 0.2) is 48.5 Å². The number of ketones is 1. The molecule has 0 saturated carbocycles. The molecule has 0 bridgehead atoms. The molecule has 0 aliphatic heterocycles. The van der Waals surface area contributed by atoms with Crippen LogP contribution < -0.4 is 10.1 Å². The van der Waals surface area contributed by atoms with Gasteiger partial charge in [0.05, 0.1) is 0 Å². The van der Waals surface area contributed by atoms with Gasteiger partial charge in [-0.05, 0) is 49.7 Å². The van der Waals surface area contributed by atoms with Crippen LogP contribution in [0.1, 0.15) is 41.0 Å². The highest BCUT2D eigenvalue weighted by Gasteiger charge is 2.18. The van der Waals surface area contributed by atoms with E-state index in [0.717, 1.165) is 6.29 Å². The number of Topliss-reactive ketones (excluding diaryl/α,β-unsaturated/α-hetero) is 1. The van der Waals surface area contributed by atoms with Crippen molar-refractivity contribution in [1.82, 2.24) is 0 Å². The number of ether oxygens (including phenoxy) is 1. The molecule has 24 heavy (non-hydrogen) atoms. The van der Waals surface area contributed by atoms with Gasteiger partial charge in [-0.25, -0.2) is 0 Å². The highest BCUT2D eigenvalue weighted by molar-refractivity contribution is 5.98. The molecule has 2 aromatic rings. The van der Waals surface area contributed by atoms with Gasteiger partial charge < -0.3 is 10.1 Å². The van der Waals surface area contributed by atoms with Crippen LogP contribution in [0, 0.1) is 0 Å². The third-order valence-electron chi connectivity index (χ3n) is 3.49. The number of amides is 1. The average molecular weight is 325 g/mol. The van der Waals surface area contributed by atoms with Crippen molar-refractivity contribution in [2.45, 2.75) is 26.4 Å². The van der Waals surface area contributed by atoms with Crippen LogP contribution in [-0.4, -0.2) is 24.1 Å². The normalized spacial score (nSPS) is 11.4. The third-order valence-corrected chi connectivity index (χ3v) is 3.49. The van der Waals surface area contributed by atoms with E-state index in [9.17, 15) is 14.4 Å². The fourth-order valence-electron chi connectivity index (χ4n) is 2.15. The van der Waals surface area contributed by atoms with Crippen LogP contribution in [0.25, 0.3) is 0 Å². The van der Waals surface area contributed by atoms with Gasteiger partial charge in [0.15, 0.2) is 11.9 Å². The van der Waals surface area contributed by atoms with Crippen molar-refractivity contribution in [2.24, 2.45) is 0 Å². The van der Waals surface area contributed by atoms with Gasteiger partial charge in [-0.15, -0.1) is 0 Å². The summed E-state index contributed by atoms with van der Waals surface area (Å²) >= 11 is 0. The fourth-order valence-corrected chi connectivity index (χ4v) is 2.15. The van der Waals surface area contributed by atoms with E-state index in [4.69, 9.17) is 4.74 Å². The second kappa shape index (κ2) is 8.06. The third kappa shape index (κ3) is 4.52. The second-order valence-electron chi connectivity index (χ2n) is 5.33. The Labute approximate surface area is 140 Å². The molecule has 2 rings (SSSR count). The summed E-state index contributed by atoms with van der Waals surface area (Å²) in [5.41, 5.74) is 1.62. The molecule has 0 heterocycles. The number of carbonyl (C=O) groups is 3. The molecular formula is C19H19NO4. The minimum absolute atomic E-state index is 0.0651. The van der Waals surface area contributed by atoms with Gasteiger partial charge in [-0.2, -0.15) is 0 Å². The van der Waals surface area contributed by atoms with E-state index >= 15 is 0 Å². The van der Waals surface area contributed by atoms with Gasteiger partial charge in [-0.3, -0.25) is 14.4 Å². The Morgan fingerprint density at radius 2 is 1.88 bits per heavy atom. The first-order chi connectivity index (χ1) is 11.5. The zero-order chi connectivity index (χ0) is 17.5. The quantitative estimate of drug-likeness (QED) is 0.624.